The van der Waals surface area contributed by atoms with E-state index in [1.165, 1.54) is 42.5 Å². The van der Waals surface area contributed by atoms with Crippen molar-refractivity contribution in [2.45, 2.75) is 16.8 Å². The van der Waals surface area contributed by atoms with Crippen LogP contribution in [0.3, 0.4) is 0 Å². The fraction of sp³-hybridized carbons (Fsp3) is 0.0455. The van der Waals surface area contributed by atoms with Crippen LogP contribution in [0.2, 0.25) is 5.02 Å². The monoisotopic (exact) mass is 442 g/mol. The summed E-state index contributed by atoms with van der Waals surface area (Å²) in [7, 11) is -4.06. The van der Waals surface area contributed by atoms with E-state index in [-0.39, 0.29) is 27.3 Å². The lowest BCUT2D eigenvalue weighted by molar-refractivity contribution is 0.572. The van der Waals surface area contributed by atoms with Gasteiger partial charge < -0.3 is 9.73 Å². The SMILES string of the molecule is Cc1ccc(Nc2oc(-c3ccccc3F)nc2S(=O)(=O)c2ccc(Cl)cc2)cc1. The van der Waals surface area contributed by atoms with Gasteiger partial charge in [-0.15, -0.1) is 0 Å². The van der Waals surface area contributed by atoms with Gasteiger partial charge in [-0.1, -0.05) is 41.4 Å². The van der Waals surface area contributed by atoms with Crippen molar-refractivity contribution in [3.63, 3.8) is 0 Å². The van der Waals surface area contributed by atoms with E-state index >= 15 is 0 Å². The molecule has 0 bridgehead atoms. The second-order valence-corrected chi connectivity index (χ2v) is 8.88. The molecular formula is C22H16ClFN2O3S. The molecule has 0 unspecified atom stereocenters. The van der Waals surface area contributed by atoms with Gasteiger partial charge in [-0.05, 0) is 55.5 Å². The molecule has 1 N–H and O–H groups in total. The summed E-state index contributed by atoms with van der Waals surface area (Å²) < 4.78 is 46.4. The molecule has 0 spiro atoms. The number of rotatable bonds is 5. The van der Waals surface area contributed by atoms with Gasteiger partial charge in [0.1, 0.15) is 5.82 Å². The van der Waals surface area contributed by atoms with E-state index in [1.54, 1.807) is 18.2 Å². The van der Waals surface area contributed by atoms with E-state index in [0.717, 1.165) is 5.56 Å². The normalized spacial score (nSPS) is 11.4. The Labute approximate surface area is 178 Å². The fourth-order valence-corrected chi connectivity index (χ4v) is 4.19. The second kappa shape index (κ2) is 7.93. The lowest BCUT2D eigenvalue weighted by Gasteiger charge is -2.06. The maximum absolute atomic E-state index is 14.3. The Balaban J connectivity index is 1.85. The van der Waals surface area contributed by atoms with E-state index in [9.17, 15) is 12.8 Å². The number of anilines is 2. The van der Waals surface area contributed by atoms with Gasteiger partial charge in [-0.25, -0.2) is 12.8 Å². The van der Waals surface area contributed by atoms with Crippen LogP contribution in [0.5, 0.6) is 0 Å². The number of sulfone groups is 1. The molecule has 0 aliphatic rings. The quantitative estimate of drug-likeness (QED) is 0.409. The van der Waals surface area contributed by atoms with Gasteiger partial charge in [0, 0.05) is 10.7 Å². The number of hydrogen-bond acceptors (Lipinski definition) is 5. The number of halogens is 2. The molecule has 4 aromatic rings. The van der Waals surface area contributed by atoms with E-state index in [0.29, 0.717) is 10.7 Å². The largest absolute Gasteiger partial charge is 0.419 e. The summed E-state index contributed by atoms with van der Waals surface area (Å²) in [6.45, 7) is 1.94. The summed E-state index contributed by atoms with van der Waals surface area (Å²) in [4.78, 5) is 4.13. The van der Waals surface area contributed by atoms with Crippen LogP contribution in [0.1, 0.15) is 5.56 Å². The zero-order valence-corrected chi connectivity index (χ0v) is 17.3. The van der Waals surface area contributed by atoms with Crippen molar-refractivity contribution in [3.05, 3.63) is 89.2 Å². The van der Waals surface area contributed by atoms with Crippen molar-refractivity contribution < 1.29 is 17.2 Å². The first kappa shape index (κ1) is 20.1. The summed E-state index contributed by atoms with van der Waals surface area (Å²) in [5.41, 5.74) is 1.70. The van der Waals surface area contributed by atoms with E-state index in [1.807, 2.05) is 19.1 Å². The molecule has 0 radical (unpaired) electrons. The van der Waals surface area contributed by atoms with Crippen LogP contribution in [0.4, 0.5) is 16.0 Å². The van der Waals surface area contributed by atoms with Crippen LogP contribution >= 0.6 is 11.6 Å². The molecule has 152 valence electrons. The lowest BCUT2D eigenvalue weighted by Crippen LogP contribution is -2.05. The molecule has 3 aromatic carbocycles. The van der Waals surface area contributed by atoms with Crippen LogP contribution in [-0.2, 0) is 9.84 Å². The molecule has 0 atom stereocenters. The van der Waals surface area contributed by atoms with Crippen LogP contribution in [0.15, 0.2) is 87.1 Å². The maximum atomic E-state index is 14.3. The summed E-state index contributed by atoms with van der Waals surface area (Å²) >= 11 is 5.88. The maximum Gasteiger partial charge on any atom is 0.238 e. The van der Waals surface area contributed by atoms with Gasteiger partial charge in [-0.3, -0.25) is 0 Å². The van der Waals surface area contributed by atoms with Gasteiger partial charge in [0.05, 0.1) is 10.5 Å². The van der Waals surface area contributed by atoms with Crippen LogP contribution in [0.25, 0.3) is 11.5 Å². The van der Waals surface area contributed by atoms with Crippen molar-refractivity contribution in [3.8, 4) is 11.5 Å². The molecule has 0 saturated carbocycles. The molecule has 0 fully saturated rings. The number of aromatic nitrogens is 1. The van der Waals surface area contributed by atoms with Crippen molar-refractivity contribution >= 4 is 33.0 Å². The number of nitrogens with zero attached hydrogens (tertiary/aromatic N) is 1. The van der Waals surface area contributed by atoms with Crippen LogP contribution in [-0.4, -0.2) is 13.4 Å². The fourth-order valence-electron chi connectivity index (χ4n) is 2.81. The van der Waals surface area contributed by atoms with Gasteiger partial charge in [-0.2, -0.15) is 4.98 Å². The topological polar surface area (TPSA) is 72.2 Å². The average Bonchev–Trinajstić information content (AvgIpc) is 3.15. The Hall–Kier alpha value is -3.16. The van der Waals surface area contributed by atoms with Gasteiger partial charge >= 0.3 is 0 Å². The molecular weight excluding hydrogens is 427 g/mol. The third kappa shape index (κ3) is 3.94. The van der Waals surface area contributed by atoms with Crippen LogP contribution in [0, 0.1) is 12.7 Å². The Morgan fingerprint density at radius 3 is 2.30 bits per heavy atom. The standard InChI is InChI=1S/C22H16ClFN2O3S/c1-14-6-10-16(11-7-14)25-21-22(30(27,28)17-12-8-15(23)9-13-17)26-20(29-21)18-4-2-3-5-19(18)24/h2-13,25H,1H3. The first-order valence-electron chi connectivity index (χ1n) is 8.95. The molecule has 5 nitrogen and oxygen atoms in total. The van der Waals surface area contributed by atoms with Crippen molar-refractivity contribution in [2.24, 2.45) is 0 Å². The summed E-state index contributed by atoms with van der Waals surface area (Å²) in [5, 5.41) is 3.00. The third-order valence-corrected chi connectivity index (χ3v) is 6.32. The predicted octanol–water partition coefficient (Wildman–Crippen LogP) is 6.02. The highest BCUT2D eigenvalue weighted by atomic mass is 35.5. The van der Waals surface area contributed by atoms with Crippen molar-refractivity contribution in [1.29, 1.82) is 0 Å². The highest BCUT2D eigenvalue weighted by molar-refractivity contribution is 7.91. The molecule has 1 heterocycles. The molecule has 30 heavy (non-hydrogen) atoms. The molecule has 8 heteroatoms. The number of oxazole rings is 1. The average molecular weight is 443 g/mol. The smallest absolute Gasteiger partial charge is 0.238 e. The minimum Gasteiger partial charge on any atom is -0.419 e. The van der Waals surface area contributed by atoms with Gasteiger partial charge in [0.2, 0.25) is 26.6 Å². The lowest BCUT2D eigenvalue weighted by atomic mass is 10.2. The predicted molar refractivity (Wildman–Crippen MR) is 113 cm³/mol. The molecule has 0 aliphatic heterocycles. The van der Waals surface area contributed by atoms with Crippen molar-refractivity contribution in [2.75, 3.05) is 5.32 Å². The van der Waals surface area contributed by atoms with Crippen molar-refractivity contribution in [1.82, 2.24) is 4.98 Å². The Kier molecular flexibility index (Phi) is 5.32. The molecule has 1 aromatic heterocycles. The highest BCUT2D eigenvalue weighted by Gasteiger charge is 2.29. The summed E-state index contributed by atoms with van der Waals surface area (Å²) in [5.74, 6) is -0.821. The Bertz CT molecular complexity index is 1300. The van der Waals surface area contributed by atoms with Gasteiger partial charge in [0.25, 0.3) is 0 Å². The summed E-state index contributed by atoms with van der Waals surface area (Å²) in [6.07, 6.45) is 0. The van der Waals surface area contributed by atoms with E-state index in [2.05, 4.69) is 10.3 Å². The zero-order chi connectivity index (χ0) is 21.3. The van der Waals surface area contributed by atoms with Gasteiger partial charge in [0.15, 0.2) is 0 Å². The van der Waals surface area contributed by atoms with E-state index in [4.69, 9.17) is 16.0 Å². The summed E-state index contributed by atoms with van der Waals surface area (Å²) in [6, 6.07) is 18.8. The number of aryl methyl sites for hydroxylation is 1. The zero-order valence-electron chi connectivity index (χ0n) is 15.8. The molecule has 4 rings (SSSR count). The van der Waals surface area contributed by atoms with Crippen LogP contribution < -0.4 is 5.32 Å². The number of benzene rings is 3. The minimum atomic E-state index is -4.06. The third-order valence-electron chi connectivity index (χ3n) is 4.39. The highest BCUT2D eigenvalue weighted by Crippen LogP contribution is 2.35. The first-order valence-corrected chi connectivity index (χ1v) is 10.8. The van der Waals surface area contributed by atoms with E-state index < -0.39 is 15.7 Å². The number of hydrogen-bond donors (Lipinski definition) is 1. The minimum absolute atomic E-state index is 0.00719. The number of nitrogens with one attached hydrogen (secondary N) is 1. The first-order chi connectivity index (χ1) is 14.3. The molecule has 0 aliphatic carbocycles. The Morgan fingerprint density at radius 2 is 1.63 bits per heavy atom. The molecule has 0 saturated heterocycles. The molecule has 0 amide bonds. The second-order valence-electron chi connectivity index (χ2n) is 6.58. The Morgan fingerprint density at radius 1 is 0.967 bits per heavy atom.